The number of hydrogen-bond donors (Lipinski definition) is 2. The molecular weight excluding hydrogens is 350 g/mol. The number of amides is 1. The van der Waals surface area contributed by atoms with Crippen molar-refractivity contribution in [1.29, 1.82) is 0 Å². The summed E-state index contributed by atoms with van der Waals surface area (Å²) in [6, 6.07) is 23.6. The third-order valence-corrected chi connectivity index (χ3v) is 4.58. The Balaban J connectivity index is 1.42. The summed E-state index contributed by atoms with van der Waals surface area (Å²) in [7, 11) is 0. The lowest BCUT2D eigenvalue weighted by Crippen LogP contribution is -2.34. The van der Waals surface area contributed by atoms with E-state index in [1.165, 1.54) is 0 Å². The minimum Gasteiger partial charge on any atom is -0.484 e. The van der Waals surface area contributed by atoms with Crippen molar-refractivity contribution < 1.29 is 9.53 Å². The van der Waals surface area contributed by atoms with Crippen LogP contribution in [0.25, 0.3) is 10.8 Å². The molecular formula is C23H21N3O2. The van der Waals surface area contributed by atoms with E-state index in [0.29, 0.717) is 12.2 Å². The van der Waals surface area contributed by atoms with E-state index < -0.39 is 0 Å². The van der Waals surface area contributed by atoms with Crippen molar-refractivity contribution in [2.45, 2.75) is 12.5 Å². The van der Waals surface area contributed by atoms with Gasteiger partial charge in [0.05, 0.1) is 6.04 Å². The van der Waals surface area contributed by atoms with Crippen molar-refractivity contribution in [2.75, 3.05) is 6.61 Å². The second kappa shape index (κ2) is 8.39. The van der Waals surface area contributed by atoms with Crippen LogP contribution in [0.2, 0.25) is 0 Å². The second-order valence-corrected chi connectivity index (χ2v) is 6.57. The van der Waals surface area contributed by atoms with E-state index in [1.54, 1.807) is 12.4 Å². The molecule has 28 heavy (non-hydrogen) atoms. The lowest BCUT2D eigenvalue weighted by molar-refractivity contribution is -0.123. The zero-order chi connectivity index (χ0) is 19.2. The number of aromatic nitrogens is 2. The number of hydrogen-bond acceptors (Lipinski definition) is 3. The third-order valence-electron chi connectivity index (χ3n) is 4.58. The Morgan fingerprint density at radius 1 is 1.00 bits per heavy atom. The van der Waals surface area contributed by atoms with Crippen molar-refractivity contribution in [1.82, 2.24) is 15.3 Å². The lowest BCUT2D eigenvalue weighted by Gasteiger charge is -2.18. The Hall–Kier alpha value is -3.60. The number of nitrogens with zero attached hydrogens (tertiary/aromatic N) is 1. The fourth-order valence-electron chi connectivity index (χ4n) is 3.18. The average Bonchev–Trinajstić information content (AvgIpc) is 3.25. The van der Waals surface area contributed by atoms with Crippen LogP contribution in [0.3, 0.4) is 0 Å². The van der Waals surface area contributed by atoms with E-state index in [4.69, 9.17) is 4.74 Å². The monoisotopic (exact) mass is 371 g/mol. The van der Waals surface area contributed by atoms with Crippen molar-refractivity contribution >= 4 is 16.7 Å². The number of imidazole rings is 1. The molecule has 140 valence electrons. The third kappa shape index (κ3) is 4.38. The van der Waals surface area contributed by atoms with Crippen molar-refractivity contribution in [3.05, 3.63) is 96.6 Å². The summed E-state index contributed by atoms with van der Waals surface area (Å²) in [5.74, 6) is 1.33. The average molecular weight is 371 g/mol. The highest BCUT2D eigenvalue weighted by atomic mass is 16.5. The van der Waals surface area contributed by atoms with Gasteiger partial charge in [0.15, 0.2) is 6.61 Å². The van der Waals surface area contributed by atoms with Crippen LogP contribution in [0.4, 0.5) is 0 Å². The molecule has 0 aliphatic heterocycles. The Labute approximate surface area is 163 Å². The number of H-pyrrole nitrogens is 1. The number of rotatable bonds is 7. The molecule has 1 aromatic heterocycles. The Morgan fingerprint density at radius 2 is 1.79 bits per heavy atom. The van der Waals surface area contributed by atoms with Crippen LogP contribution in [-0.2, 0) is 11.2 Å². The molecule has 0 radical (unpaired) electrons. The van der Waals surface area contributed by atoms with Crippen LogP contribution in [-0.4, -0.2) is 22.5 Å². The maximum Gasteiger partial charge on any atom is 0.258 e. The number of carbonyl (C=O) groups is 1. The Morgan fingerprint density at radius 3 is 2.57 bits per heavy atom. The highest BCUT2D eigenvalue weighted by molar-refractivity contribution is 5.84. The normalized spacial score (nSPS) is 11.9. The largest absolute Gasteiger partial charge is 0.484 e. The number of benzene rings is 3. The van der Waals surface area contributed by atoms with Gasteiger partial charge in [0, 0.05) is 18.8 Å². The van der Waals surface area contributed by atoms with Gasteiger partial charge in [0.1, 0.15) is 11.6 Å². The van der Waals surface area contributed by atoms with Gasteiger partial charge >= 0.3 is 0 Å². The van der Waals surface area contributed by atoms with Gasteiger partial charge in [-0.25, -0.2) is 4.98 Å². The first kappa shape index (κ1) is 17.8. The van der Waals surface area contributed by atoms with Crippen LogP contribution >= 0.6 is 0 Å². The first-order valence-corrected chi connectivity index (χ1v) is 9.22. The smallest absolute Gasteiger partial charge is 0.258 e. The quantitative estimate of drug-likeness (QED) is 0.515. The predicted octanol–water partition coefficient (Wildman–Crippen LogP) is 4.04. The maximum absolute atomic E-state index is 12.5. The summed E-state index contributed by atoms with van der Waals surface area (Å²) in [5.41, 5.74) is 1.03. The van der Waals surface area contributed by atoms with E-state index in [2.05, 4.69) is 15.3 Å². The fraction of sp³-hybridized carbons (Fsp3) is 0.130. The first-order valence-electron chi connectivity index (χ1n) is 9.22. The Bertz CT molecular complexity index is 1050. The van der Waals surface area contributed by atoms with Gasteiger partial charge in [0.25, 0.3) is 5.91 Å². The zero-order valence-corrected chi connectivity index (χ0v) is 15.3. The molecule has 3 aromatic carbocycles. The molecule has 5 nitrogen and oxygen atoms in total. The van der Waals surface area contributed by atoms with Gasteiger partial charge in [-0.3, -0.25) is 4.79 Å². The van der Waals surface area contributed by atoms with Crippen molar-refractivity contribution in [3.63, 3.8) is 0 Å². The highest BCUT2D eigenvalue weighted by Gasteiger charge is 2.16. The molecule has 0 aliphatic rings. The van der Waals surface area contributed by atoms with Crippen LogP contribution in [0, 0.1) is 0 Å². The molecule has 4 aromatic rings. The molecule has 1 amide bonds. The van der Waals surface area contributed by atoms with Crippen molar-refractivity contribution in [3.8, 4) is 5.75 Å². The molecule has 1 heterocycles. The van der Waals surface area contributed by atoms with Gasteiger partial charge in [0.2, 0.25) is 0 Å². The van der Waals surface area contributed by atoms with E-state index in [0.717, 1.165) is 22.2 Å². The summed E-state index contributed by atoms with van der Waals surface area (Å²) in [4.78, 5) is 19.9. The molecule has 0 spiro atoms. The van der Waals surface area contributed by atoms with Gasteiger partial charge in [-0.2, -0.15) is 0 Å². The highest BCUT2D eigenvalue weighted by Crippen LogP contribution is 2.21. The van der Waals surface area contributed by atoms with Gasteiger partial charge < -0.3 is 15.0 Å². The topological polar surface area (TPSA) is 67.0 Å². The fourth-order valence-corrected chi connectivity index (χ4v) is 3.18. The number of fused-ring (bicyclic) bond motifs is 1. The van der Waals surface area contributed by atoms with E-state index >= 15 is 0 Å². The van der Waals surface area contributed by atoms with Crippen LogP contribution in [0.1, 0.15) is 17.4 Å². The van der Waals surface area contributed by atoms with Crippen molar-refractivity contribution in [2.24, 2.45) is 0 Å². The summed E-state index contributed by atoms with van der Waals surface area (Å²) >= 11 is 0. The minimum atomic E-state index is -0.181. The molecule has 1 atom stereocenters. The number of carbonyl (C=O) groups excluding carboxylic acids is 1. The van der Waals surface area contributed by atoms with E-state index in [1.807, 2.05) is 72.8 Å². The summed E-state index contributed by atoms with van der Waals surface area (Å²) < 4.78 is 5.71. The summed E-state index contributed by atoms with van der Waals surface area (Å²) in [6.45, 7) is -0.0418. The standard InChI is InChI=1S/C23H21N3O2/c27-23(16-28-20-11-10-17-6-4-5-9-19(17)14-20)26-21(15-22-24-12-13-25-22)18-7-2-1-3-8-18/h1-14,21H,15-16H2,(H,24,25)(H,26,27). The molecule has 4 rings (SSSR count). The number of ether oxygens (including phenoxy) is 1. The van der Waals surface area contributed by atoms with E-state index in [9.17, 15) is 4.79 Å². The number of aromatic amines is 1. The summed E-state index contributed by atoms with van der Waals surface area (Å²) in [5, 5.41) is 5.28. The molecule has 1 unspecified atom stereocenters. The lowest BCUT2D eigenvalue weighted by atomic mass is 10.0. The number of nitrogens with one attached hydrogen (secondary N) is 2. The molecule has 0 saturated carbocycles. The molecule has 0 saturated heterocycles. The Kier molecular flexibility index (Phi) is 5.33. The summed E-state index contributed by atoms with van der Waals surface area (Å²) in [6.07, 6.45) is 4.07. The second-order valence-electron chi connectivity index (χ2n) is 6.57. The first-order chi connectivity index (χ1) is 13.8. The van der Waals surface area contributed by atoms with Crippen LogP contribution < -0.4 is 10.1 Å². The molecule has 0 aliphatic carbocycles. The molecule has 0 fully saturated rings. The van der Waals surface area contributed by atoms with Crippen LogP contribution in [0.15, 0.2) is 85.2 Å². The predicted molar refractivity (Wildman–Crippen MR) is 109 cm³/mol. The molecule has 0 bridgehead atoms. The van der Waals surface area contributed by atoms with Gasteiger partial charge in [-0.05, 0) is 28.5 Å². The molecule has 2 N–H and O–H groups in total. The zero-order valence-electron chi connectivity index (χ0n) is 15.3. The maximum atomic E-state index is 12.5. The minimum absolute atomic E-state index is 0.0418. The van der Waals surface area contributed by atoms with E-state index in [-0.39, 0.29) is 18.6 Å². The van der Waals surface area contributed by atoms with Gasteiger partial charge in [-0.1, -0.05) is 60.7 Å². The SMILES string of the molecule is O=C(COc1ccc2ccccc2c1)NC(Cc1ncc[nH]1)c1ccccc1. The van der Waals surface area contributed by atoms with Gasteiger partial charge in [-0.15, -0.1) is 0 Å². The van der Waals surface area contributed by atoms with Crippen LogP contribution in [0.5, 0.6) is 5.75 Å². The molecule has 5 heteroatoms.